The van der Waals surface area contributed by atoms with Crippen LogP contribution in [0.3, 0.4) is 0 Å². The SMILES string of the molecule is COC[C@H](C)N(Cc1cc2c(Nc3cccc(Cl)c3F)ncnc2cc1OC)[C@H](C)C(N)=O. The third-order valence-corrected chi connectivity index (χ3v) is 5.77. The van der Waals surface area contributed by atoms with Gasteiger partial charge in [0.05, 0.1) is 36.0 Å². The van der Waals surface area contributed by atoms with Crippen molar-refractivity contribution >= 4 is 39.9 Å². The third-order valence-electron chi connectivity index (χ3n) is 5.48. The fourth-order valence-corrected chi connectivity index (χ4v) is 3.82. The standard InChI is InChI=1S/C23H27ClFN5O3/c1-13(11-32-3)30(14(2)22(26)31)10-15-8-16-19(9-20(15)33-4)27-12-28-23(16)29-18-7-5-6-17(24)21(18)25/h5-9,12-14H,10-11H2,1-4H3,(H2,26,31)(H,27,28,29)/t13-,14+/m0/s1. The van der Waals surface area contributed by atoms with Gasteiger partial charge in [0.2, 0.25) is 5.91 Å². The summed E-state index contributed by atoms with van der Waals surface area (Å²) in [5.74, 6) is -0.0220. The lowest BCUT2D eigenvalue weighted by Gasteiger charge is -2.33. The number of anilines is 2. The van der Waals surface area contributed by atoms with E-state index in [-0.39, 0.29) is 16.8 Å². The summed E-state index contributed by atoms with van der Waals surface area (Å²) < 4.78 is 25.3. The van der Waals surface area contributed by atoms with Crippen molar-refractivity contribution < 1.29 is 18.7 Å². The number of hydrogen-bond donors (Lipinski definition) is 2. The first-order valence-electron chi connectivity index (χ1n) is 10.3. The molecule has 33 heavy (non-hydrogen) atoms. The number of nitrogens with zero attached hydrogens (tertiary/aromatic N) is 3. The molecule has 0 saturated heterocycles. The monoisotopic (exact) mass is 475 g/mol. The van der Waals surface area contributed by atoms with Gasteiger partial charge >= 0.3 is 0 Å². The Kier molecular flexibility index (Phi) is 8.01. The molecule has 3 rings (SSSR count). The Morgan fingerprint density at radius 3 is 2.70 bits per heavy atom. The Labute approximate surface area is 196 Å². The normalized spacial score (nSPS) is 13.2. The number of aromatic nitrogens is 2. The molecule has 2 aromatic carbocycles. The highest BCUT2D eigenvalue weighted by Crippen LogP contribution is 2.32. The first-order valence-corrected chi connectivity index (χ1v) is 10.7. The van der Waals surface area contributed by atoms with Crippen LogP contribution in [-0.4, -0.2) is 53.7 Å². The number of fused-ring (bicyclic) bond motifs is 1. The van der Waals surface area contributed by atoms with Crippen LogP contribution in [-0.2, 0) is 16.1 Å². The van der Waals surface area contributed by atoms with Crippen molar-refractivity contribution in [1.29, 1.82) is 0 Å². The Bertz CT molecular complexity index is 1150. The summed E-state index contributed by atoms with van der Waals surface area (Å²) in [6, 6.07) is 7.69. The van der Waals surface area contributed by atoms with E-state index in [4.69, 9.17) is 26.8 Å². The summed E-state index contributed by atoms with van der Waals surface area (Å²) >= 11 is 5.91. The molecule has 0 aliphatic heterocycles. The van der Waals surface area contributed by atoms with Crippen LogP contribution in [0.1, 0.15) is 19.4 Å². The number of ether oxygens (including phenoxy) is 2. The molecule has 0 unspecified atom stereocenters. The van der Waals surface area contributed by atoms with Gasteiger partial charge in [-0.1, -0.05) is 17.7 Å². The average Bonchev–Trinajstić information content (AvgIpc) is 2.79. The van der Waals surface area contributed by atoms with Crippen molar-refractivity contribution in [2.75, 3.05) is 26.1 Å². The number of rotatable bonds is 10. The van der Waals surface area contributed by atoms with Crippen LogP contribution in [0.4, 0.5) is 15.9 Å². The zero-order valence-corrected chi connectivity index (χ0v) is 19.7. The molecular weight excluding hydrogens is 449 g/mol. The van der Waals surface area contributed by atoms with Gasteiger partial charge in [0.1, 0.15) is 17.9 Å². The minimum atomic E-state index is -0.575. The molecule has 1 heterocycles. The Balaban J connectivity index is 2.06. The van der Waals surface area contributed by atoms with Crippen molar-refractivity contribution in [2.24, 2.45) is 5.73 Å². The fourth-order valence-electron chi connectivity index (χ4n) is 3.64. The summed E-state index contributed by atoms with van der Waals surface area (Å²) in [5, 5.41) is 3.65. The topological polar surface area (TPSA) is 103 Å². The fraction of sp³-hybridized carbons (Fsp3) is 0.348. The number of methoxy groups -OCH3 is 2. The zero-order valence-electron chi connectivity index (χ0n) is 18.9. The van der Waals surface area contributed by atoms with Gasteiger partial charge in [-0.3, -0.25) is 9.69 Å². The molecule has 1 aromatic heterocycles. The first-order chi connectivity index (χ1) is 15.8. The summed E-state index contributed by atoms with van der Waals surface area (Å²) in [6.45, 7) is 4.47. The molecule has 0 saturated carbocycles. The molecule has 3 aromatic rings. The van der Waals surface area contributed by atoms with E-state index >= 15 is 0 Å². The maximum absolute atomic E-state index is 14.5. The quantitative estimate of drug-likeness (QED) is 0.458. The third kappa shape index (κ3) is 5.50. The van der Waals surface area contributed by atoms with Gasteiger partial charge < -0.3 is 20.5 Å². The second kappa shape index (κ2) is 10.7. The van der Waals surface area contributed by atoms with Gasteiger partial charge in [0.25, 0.3) is 0 Å². The maximum atomic E-state index is 14.5. The minimum Gasteiger partial charge on any atom is -0.496 e. The van der Waals surface area contributed by atoms with Crippen LogP contribution in [0.15, 0.2) is 36.7 Å². The van der Waals surface area contributed by atoms with Crippen molar-refractivity contribution in [3.63, 3.8) is 0 Å². The highest BCUT2D eigenvalue weighted by molar-refractivity contribution is 6.31. The Morgan fingerprint density at radius 2 is 2.03 bits per heavy atom. The van der Waals surface area contributed by atoms with Gasteiger partial charge in [-0.25, -0.2) is 14.4 Å². The van der Waals surface area contributed by atoms with Crippen LogP contribution in [0.25, 0.3) is 10.9 Å². The number of hydrogen-bond acceptors (Lipinski definition) is 7. The highest BCUT2D eigenvalue weighted by Gasteiger charge is 2.26. The number of primary amides is 1. The van der Waals surface area contributed by atoms with E-state index < -0.39 is 17.8 Å². The highest BCUT2D eigenvalue weighted by atomic mass is 35.5. The van der Waals surface area contributed by atoms with E-state index in [9.17, 15) is 9.18 Å². The van der Waals surface area contributed by atoms with Crippen molar-refractivity contribution in [1.82, 2.24) is 14.9 Å². The van der Waals surface area contributed by atoms with Crippen molar-refractivity contribution in [2.45, 2.75) is 32.5 Å². The maximum Gasteiger partial charge on any atom is 0.234 e. The molecule has 2 atom stereocenters. The molecule has 10 heteroatoms. The van der Waals surface area contributed by atoms with Crippen LogP contribution >= 0.6 is 11.6 Å². The van der Waals surface area contributed by atoms with Gasteiger partial charge in [-0.15, -0.1) is 0 Å². The van der Waals surface area contributed by atoms with E-state index in [1.54, 1.807) is 39.3 Å². The summed E-state index contributed by atoms with van der Waals surface area (Å²) in [4.78, 5) is 22.5. The smallest absolute Gasteiger partial charge is 0.234 e. The van der Waals surface area contributed by atoms with E-state index in [0.717, 1.165) is 5.56 Å². The number of carbonyl (C=O) groups is 1. The Morgan fingerprint density at radius 1 is 1.27 bits per heavy atom. The molecule has 0 aliphatic rings. The van der Waals surface area contributed by atoms with Crippen molar-refractivity contribution in [3.8, 4) is 5.75 Å². The molecular formula is C23H27ClFN5O3. The second-order valence-electron chi connectivity index (χ2n) is 7.68. The lowest BCUT2D eigenvalue weighted by molar-refractivity contribution is -0.124. The lowest BCUT2D eigenvalue weighted by atomic mass is 10.1. The van der Waals surface area contributed by atoms with Crippen LogP contribution in [0, 0.1) is 5.82 Å². The van der Waals surface area contributed by atoms with E-state index in [0.29, 0.717) is 35.6 Å². The van der Waals surface area contributed by atoms with Crippen LogP contribution in [0.2, 0.25) is 5.02 Å². The summed E-state index contributed by atoms with van der Waals surface area (Å²) in [6.07, 6.45) is 1.38. The average molecular weight is 476 g/mol. The van der Waals surface area contributed by atoms with Gasteiger partial charge in [0.15, 0.2) is 5.82 Å². The van der Waals surface area contributed by atoms with Gasteiger partial charge in [0, 0.05) is 36.7 Å². The van der Waals surface area contributed by atoms with Crippen LogP contribution < -0.4 is 15.8 Å². The molecule has 0 fully saturated rings. The van der Waals surface area contributed by atoms with Gasteiger partial charge in [-0.2, -0.15) is 0 Å². The predicted octanol–water partition coefficient (Wildman–Crippen LogP) is 3.89. The van der Waals surface area contributed by atoms with Crippen molar-refractivity contribution in [3.05, 3.63) is 53.1 Å². The molecule has 176 valence electrons. The molecule has 0 bridgehead atoms. The molecule has 0 aliphatic carbocycles. The first kappa shape index (κ1) is 24.6. The molecule has 1 amide bonds. The van der Waals surface area contributed by atoms with E-state index in [2.05, 4.69) is 15.3 Å². The number of nitrogens with one attached hydrogen (secondary N) is 1. The van der Waals surface area contributed by atoms with E-state index in [1.807, 2.05) is 17.9 Å². The number of amides is 1. The number of benzene rings is 2. The van der Waals surface area contributed by atoms with Crippen LogP contribution in [0.5, 0.6) is 5.75 Å². The minimum absolute atomic E-state index is 0.00364. The largest absolute Gasteiger partial charge is 0.496 e. The lowest BCUT2D eigenvalue weighted by Crippen LogP contribution is -2.48. The van der Waals surface area contributed by atoms with Gasteiger partial charge in [-0.05, 0) is 32.0 Å². The molecule has 8 nitrogen and oxygen atoms in total. The number of carbonyl (C=O) groups excluding carboxylic acids is 1. The summed E-state index contributed by atoms with van der Waals surface area (Å²) in [5.41, 5.74) is 7.17. The molecule has 0 radical (unpaired) electrons. The number of nitrogens with two attached hydrogens (primary N) is 1. The Hall–Kier alpha value is -3.01. The number of halogens is 2. The second-order valence-corrected chi connectivity index (χ2v) is 8.09. The predicted molar refractivity (Wildman–Crippen MR) is 126 cm³/mol. The summed E-state index contributed by atoms with van der Waals surface area (Å²) in [7, 11) is 3.16. The zero-order chi connectivity index (χ0) is 24.1. The molecule has 3 N–H and O–H groups in total. The van der Waals surface area contributed by atoms with E-state index in [1.165, 1.54) is 12.4 Å². The molecule has 0 spiro atoms.